The highest BCUT2D eigenvalue weighted by Crippen LogP contribution is 2.25. The summed E-state index contributed by atoms with van der Waals surface area (Å²) in [6, 6.07) is 13.8. The van der Waals surface area contributed by atoms with Gasteiger partial charge in [-0.3, -0.25) is 4.79 Å². The molecule has 7 heteroatoms. The summed E-state index contributed by atoms with van der Waals surface area (Å²) < 4.78 is 11.1. The van der Waals surface area contributed by atoms with Crippen LogP contribution in [0, 0.1) is 13.8 Å². The van der Waals surface area contributed by atoms with Gasteiger partial charge in [0.2, 0.25) is 11.8 Å². The van der Waals surface area contributed by atoms with E-state index in [9.17, 15) is 4.79 Å². The van der Waals surface area contributed by atoms with Gasteiger partial charge in [-0.1, -0.05) is 47.2 Å². The van der Waals surface area contributed by atoms with E-state index in [0.717, 1.165) is 28.0 Å². The van der Waals surface area contributed by atoms with Gasteiger partial charge in [-0.25, -0.2) is 0 Å². The van der Waals surface area contributed by atoms with Crippen molar-refractivity contribution in [2.45, 2.75) is 25.6 Å². The Morgan fingerprint density at radius 3 is 2.57 bits per heavy atom. The van der Waals surface area contributed by atoms with Crippen molar-refractivity contribution in [3.63, 3.8) is 0 Å². The molecule has 0 bridgehead atoms. The molecule has 0 fully saturated rings. The summed E-state index contributed by atoms with van der Waals surface area (Å²) in [5.74, 6) is 1.43. The number of methoxy groups -OCH3 is 1. The van der Waals surface area contributed by atoms with Crippen molar-refractivity contribution in [2.24, 2.45) is 0 Å². The van der Waals surface area contributed by atoms with Gasteiger partial charge in [0.25, 0.3) is 5.22 Å². The van der Waals surface area contributed by atoms with Crippen molar-refractivity contribution in [3.05, 3.63) is 59.2 Å². The van der Waals surface area contributed by atoms with Crippen LogP contribution < -0.4 is 4.74 Å². The minimum atomic E-state index is -0.0259. The number of aryl methyl sites for hydroxylation is 2. The lowest BCUT2D eigenvalue weighted by Gasteiger charge is -2.18. The van der Waals surface area contributed by atoms with E-state index in [0.29, 0.717) is 17.7 Å². The number of amides is 1. The van der Waals surface area contributed by atoms with Gasteiger partial charge in [0, 0.05) is 24.7 Å². The second kappa shape index (κ2) is 8.93. The topological polar surface area (TPSA) is 68.5 Å². The number of hydrogen-bond donors (Lipinski definition) is 0. The Balaban J connectivity index is 1.59. The van der Waals surface area contributed by atoms with Crippen LogP contribution in [0.3, 0.4) is 0 Å². The summed E-state index contributed by atoms with van der Waals surface area (Å²) in [5.41, 5.74) is 4.11. The van der Waals surface area contributed by atoms with E-state index < -0.39 is 0 Å². The molecule has 0 spiro atoms. The molecule has 1 aromatic heterocycles. The van der Waals surface area contributed by atoms with Gasteiger partial charge < -0.3 is 14.1 Å². The number of aromatic nitrogens is 2. The number of carbonyl (C=O) groups is 1. The van der Waals surface area contributed by atoms with E-state index in [-0.39, 0.29) is 11.7 Å². The number of ether oxygens (including phenoxy) is 1. The Bertz CT molecular complexity index is 951. The first kappa shape index (κ1) is 19.9. The van der Waals surface area contributed by atoms with Gasteiger partial charge in [0.05, 0.1) is 12.9 Å². The van der Waals surface area contributed by atoms with Crippen LogP contribution >= 0.6 is 11.8 Å². The first-order chi connectivity index (χ1) is 13.5. The van der Waals surface area contributed by atoms with Crippen molar-refractivity contribution in [2.75, 3.05) is 19.9 Å². The predicted molar refractivity (Wildman–Crippen MR) is 109 cm³/mol. The molecular weight excluding hydrogens is 374 g/mol. The molecule has 6 nitrogen and oxygen atoms in total. The lowest BCUT2D eigenvalue weighted by atomic mass is 10.1. The van der Waals surface area contributed by atoms with Gasteiger partial charge in [-0.05, 0) is 32.0 Å². The molecule has 0 atom stereocenters. The van der Waals surface area contributed by atoms with Crippen LogP contribution in [-0.4, -0.2) is 40.9 Å². The van der Waals surface area contributed by atoms with Crippen molar-refractivity contribution >= 4 is 17.7 Å². The molecular formula is C21H23N3O3S. The molecule has 0 aliphatic rings. The fourth-order valence-electron chi connectivity index (χ4n) is 2.89. The van der Waals surface area contributed by atoms with E-state index in [4.69, 9.17) is 9.15 Å². The fourth-order valence-corrected chi connectivity index (χ4v) is 3.60. The molecule has 1 heterocycles. The fraction of sp³-hybridized carbons (Fsp3) is 0.286. The highest BCUT2D eigenvalue weighted by molar-refractivity contribution is 7.99. The Morgan fingerprint density at radius 2 is 1.86 bits per heavy atom. The Morgan fingerprint density at radius 1 is 1.14 bits per heavy atom. The third-order valence-corrected chi connectivity index (χ3v) is 5.02. The normalized spacial score (nSPS) is 10.7. The van der Waals surface area contributed by atoms with Crippen molar-refractivity contribution in [3.8, 4) is 17.2 Å². The summed E-state index contributed by atoms with van der Waals surface area (Å²) in [4.78, 5) is 14.1. The van der Waals surface area contributed by atoms with Crippen LogP contribution in [0.15, 0.2) is 52.1 Å². The van der Waals surface area contributed by atoms with Crippen LogP contribution in [0.2, 0.25) is 0 Å². The average molecular weight is 398 g/mol. The minimum Gasteiger partial charge on any atom is -0.496 e. The van der Waals surface area contributed by atoms with Crippen LogP contribution in [0.25, 0.3) is 11.5 Å². The zero-order chi connectivity index (χ0) is 20.1. The maximum atomic E-state index is 12.5. The number of carbonyl (C=O) groups excluding carboxylic acids is 1. The van der Waals surface area contributed by atoms with E-state index in [1.165, 1.54) is 11.8 Å². The number of nitrogens with zero attached hydrogens (tertiary/aromatic N) is 3. The third-order valence-electron chi connectivity index (χ3n) is 4.22. The summed E-state index contributed by atoms with van der Waals surface area (Å²) in [5, 5.41) is 8.54. The second-order valence-electron chi connectivity index (χ2n) is 6.60. The van der Waals surface area contributed by atoms with Crippen molar-refractivity contribution < 1.29 is 13.9 Å². The summed E-state index contributed by atoms with van der Waals surface area (Å²) in [7, 11) is 3.39. The van der Waals surface area contributed by atoms with Crippen LogP contribution in [0.5, 0.6) is 5.75 Å². The zero-order valence-corrected chi connectivity index (χ0v) is 17.2. The highest BCUT2D eigenvalue weighted by atomic mass is 32.2. The number of rotatable bonds is 7. The molecule has 28 heavy (non-hydrogen) atoms. The molecule has 0 N–H and O–H groups in total. The van der Waals surface area contributed by atoms with Crippen molar-refractivity contribution in [1.82, 2.24) is 15.1 Å². The van der Waals surface area contributed by atoms with Crippen LogP contribution in [0.1, 0.15) is 16.7 Å². The minimum absolute atomic E-state index is 0.0259. The summed E-state index contributed by atoms with van der Waals surface area (Å²) in [6.45, 7) is 4.53. The lowest BCUT2D eigenvalue weighted by molar-refractivity contribution is -0.127. The Kier molecular flexibility index (Phi) is 6.36. The molecule has 0 aliphatic heterocycles. The molecule has 0 unspecified atom stereocenters. The van der Waals surface area contributed by atoms with Gasteiger partial charge in [0.15, 0.2) is 0 Å². The zero-order valence-electron chi connectivity index (χ0n) is 16.4. The number of benzene rings is 2. The number of hydrogen-bond acceptors (Lipinski definition) is 6. The standard InChI is InChI=1S/C21H23N3O3S/c1-14-9-15(2)11-17(10-14)20-22-23-21(27-20)28-13-19(25)24(3)12-16-7-5-6-8-18(16)26-4/h5-11H,12-13H2,1-4H3. The SMILES string of the molecule is COc1ccccc1CN(C)C(=O)CSc1nnc(-c2cc(C)cc(C)c2)o1. The van der Waals surface area contributed by atoms with Crippen LogP contribution in [0.4, 0.5) is 0 Å². The Hall–Kier alpha value is -2.80. The second-order valence-corrected chi connectivity index (χ2v) is 7.53. The lowest BCUT2D eigenvalue weighted by Crippen LogP contribution is -2.28. The molecule has 3 aromatic rings. The van der Waals surface area contributed by atoms with E-state index in [2.05, 4.69) is 16.3 Å². The molecule has 0 radical (unpaired) electrons. The molecule has 0 saturated carbocycles. The Labute approximate surface area is 168 Å². The van der Waals surface area contributed by atoms with Gasteiger partial charge >= 0.3 is 0 Å². The third kappa shape index (κ3) is 4.92. The summed E-state index contributed by atoms with van der Waals surface area (Å²) >= 11 is 1.24. The van der Waals surface area contributed by atoms with Crippen molar-refractivity contribution in [1.29, 1.82) is 0 Å². The molecule has 3 rings (SSSR count). The average Bonchev–Trinajstić information content (AvgIpc) is 3.15. The molecule has 0 aliphatic carbocycles. The van der Waals surface area contributed by atoms with E-state index >= 15 is 0 Å². The smallest absolute Gasteiger partial charge is 0.277 e. The number of para-hydroxylation sites is 1. The maximum absolute atomic E-state index is 12.5. The molecule has 2 aromatic carbocycles. The largest absolute Gasteiger partial charge is 0.496 e. The van der Waals surface area contributed by atoms with Crippen LogP contribution in [-0.2, 0) is 11.3 Å². The monoisotopic (exact) mass is 397 g/mol. The first-order valence-corrected chi connectivity index (χ1v) is 9.85. The van der Waals surface area contributed by atoms with Gasteiger partial charge in [0.1, 0.15) is 5.75 Å². The predicted octanol–water partition coefficient (Wildman–Crippen LogP) is 4.11. The first-order valence-electron chi connectivity index (χ1n) is 8.87. The molecule has 1 amide bonds. The maximum Gasteiger partial charge on any atom is 0.277 e. The number of thioether (sulfide) groups is 1. The quantitative estimate of drug-likeness (QED) is 0.559. The highest BCUT2D eigenvalue weighted by Gasteiger charge is 2.15. The van der Waals surface area contributed by atoms with E-state index in [1.54, 1.807) is 19.1 Å². The van der Waals surface area contributed by atoms with Gasteiger partial charge in [-0.15, -0.1) is 10.2 Å². The molecule has 0 saturated heterocycles. The van der Waals surface area contributed by atoms with E-state index in [1.807, 2.05) is 50.2 Å². The molecule has 146 valence electrons. The van der Waals surface area contributed by atoms with Gasteiger partial charge in [-0.2, -0.15) is 0 Å². The summed E-state index contributed by atoms with van der Waals surface area (Å²) in [6.07, 6.45) is 0.